The number of carbonyl (C=O) groups excluding carboxylic acids is 2. The highest BCUT2D eigenvalue weighted by Gasteiger charge is 2.46. The SMILES string of the molecule is CCCCOc1cccc(/C(O)=C2\C(=O)C(=O)N(Cc3cccnc3)C2c2ccc(OCC)c(OC)c2)c1. The van der Waals surface area contributed by atoms with Crippen molar-refractivity contribution in [3.05, 3.63) is 89.3 Å². The number of aliphatic hydroxyl groups excluding tert-OH is 1. The van der Waals surface area contributed by atoms with Gasteiger partial charge in [-0.3, -0.25) is 14.6 Å². The molecule has 1 saturated heterocycles. The van der Waals surface area contributed by atoms with Gasteiger partial charge in [0.1, 0.15) is 11.5 Å². The number of amides is 1. The Kier molecular flexibility index (Phi) is 8.63. The fraction of sp³-hybridized carbons (Fsp3) is 0.300. The number of Topliss-reactive ketones (excluding diaryl/α,β-unsaturated/α-hetero) is 1. The van der Waals surface area contributed by atoms with E-state index in [9.17, 15) is 14.7 Å². The third-order valence-corrected chi connectivity index (χ3v) is 6.29. The third kappa shape index (κ3) is 5.64. The maximum Gasteiger partial charge on any atom is 0.295 e. The van der Waals surface area contributed by atoms with Crippen LogP contribution in [0.1, 0.15) is 49.4 Å². The zero-order valence-electron chi connectivity index (χ0n) is 21.8. The van der Waals surface area contributed by atoms with Crippen LogP contribution in [0.5, 0.6) is 17.2 Å². The predicted molar refractivity (Wildman–Crippen MR) is 143 cm³/mol. The minimum atomic E-state index is -0.857. The number of carbonyl (C=O) groups is 2. The van der Waals surface area contributed by atoms with Crippen LogP contribution >= 0.6 is 0 Å². The summed E-state index contributed by atoms with van der Waals surface area (Å²) < 4.78 is 17.0. The number of benzene rings is 2. The molecule has 38 heavy (non-hydrogen) atoms. The molecule has 1 aromatic heterocycles. The summed E-state index contributed by atoms with van der Waals surface area (Å²) in [6.45, 7) is 5.08. The molecule has 1 aliphatic heterocycles. The van der Waals surface area contributed by atoms with E-state index in [2.05, 4.69) is 11.9 Å². The Labute approximate surface area is 222 Å². The van der Waals surface area contributed by atoms with Gasteiger partial charge in [0.15, 0.2) is 11.5 Å². The van der Waals surface area contributed by atoms with E-state index in [4.69, 9.17) is 14.2 Å². The van der Waals surface area contributed by atoms with Crippen LogP contribution in [-0.2, 0) is 16.1 Å². The summed E-state index contributed by atoms with van der Waals surface area (Å²) in [5.74, 6) is -0.158. The van der Waals surface area contributed by atoms with Crippen LogP contribution in [0, 0.1) is 0 Å². The van der Waals surface area contributed by atoms with Crippen LogP contribution < -0.4 is 14.2 Å². The minimum absolute atomic E-state index is 0.00388. The second kappa shape index (κ2) is 12.3. The zero-order chi connectivity index (χ0) is 27.1. The lowest BCUT2D eigenvalue weighted by Crippen LogP contribution is -2.29. The Hall–Kier alpha value is -4.33. The van der Waals surface area contributed by atoms with Crippen molar-refractivity contribution in [2.45, 2.75) is 39.3 Å². The van der Waals surface area contributed by atoms with Gasteiger partial charge in [-0.25, -0.2) is 0 Å². The molecule has 0 aliphatic carbocycles. The summed E-state index contributed by atoms with van der Waals surface area (Å²) in [4.78, 5) is 32.3. The average molecular weight is 517 g/mol. The first-order chi connectivity index (χ1) is 18.5. The van der Waals surface area contributed by atoms with E-state index in [-0.39, 0.29) is 17.9 Å². The van der Waals surface area contributed by atoms with Gasteiger partial charge in [-0.05, 0) is 54.8 Å². The number of hydrogen-bond acceptors (Lipinski definition) is 7. The van der Waals surface area contributed by atoms with Crippen molar-refractivity contribution in [3.63, 3.8) is 0 Å². The summed E-state index contributed by atoms with van der Waals surface area (Å²) in [6, 6.07) is 14.9. The second-order valence-corrected chi connectivity index (χ2v) is 8.86. The van der Waals surface area contributed by atoms with Crippen LogP contribution in [0.3, 0.4) is 0 Å². The van der Waals surface area contributed by atoms with Gasteiger partial charge in [0.2, 0.25) is 0 Å². The minimum Gasteiger partial charge on any atom is -0.507 e. The number of aliphatic hydroxyl groups is 1. The van der Waals surface area contributed by atoms with Gasteiger partial charge in [0.05, 0.1) is 31.9 Å². The molecule has 0 saturated carbocycles. The first kappa shape index (κ1) is 26.7. The number of unbranched alkanes of at least 4 members (excludes halogenated alkanes) is 1. The van der Waals surface area contributed by atoms with Gasteiger partial charge in [0, 0.05) is 24.5 Å². The van der Waals surface area contributed by atoms with Crippen LogP contribution in [0.15, 0.2) is 72.6 Å². The van der Waals surface area contributed by atoms with E-state index in [0.717, 1.165) is 18.4 Å². The average Bonchev–Trinajstić information content (AvgIpc) is 3.19. The van der Waals surface area contributed by atoms with Crippen molar-refractivity contribution >= 4 is 17.4 Å². The standard InChI is InChI=1S/C30H32N2O6/c1-4-6-15-38-23-11-7-10-22(16-23)28(33)26-27(21-12-13-24(37-5-2)25(17-21)36-3)32(30(35)29(26)34)19-20-9-8-14-31-18-20/h7-14,16-18,27,33H,4-6,15,19H2,1-3H3/b28-26+. The molecule has 1 atom stereocenters. The van der Waals surface area contributed by atoms with Crippen LogP contribution in [0.2, 0.25) is 0 Å². The van der Waals surface area contributed by atoms with Crippen molar-refractivity contribution in [1.29, 1.82) is 0 Å². The molecule has 0 radical (unpaired) electrons. The molecule has 8 heteroatoms. The summed E-state index contributed by atoms with van der Waals surface area (Å²) in [7, 11) is 1.53. The molecule has 1 N–H and O–H groups in total. The summed E-state index contributed by atoms with van der Waals surface area (Å²) in [5, 5.41) is 11.4. The highest BCUT2D eigenvalue weighted by Crippen LogP contribution is 2.43. The number of hydrogen-bond donors (Lipinski definition) is 1. The van der Waals surface area contributed by atoms with Gasteiger partial charge in [-0.1, -0.05) is 37.6 Å². The number of ketones is 1. The lowest BCUT2D eigenvalue weighted by atomic mass is 9.94. The topological polar surface area (TPSA) is 98.2 Å². The number of rotatable bonds is 11. The van der Waals surface area contributed by atoms with Crippen molar-refractivity contribution in [3.8, 4) is 17.2 Å². The zero-order valence-corrected chi connectivity index (χ0v) is 21.8. The number of likely N-dealkylation sites (tertiary alicyclic amines) is 1. The lowest BCUT2D eigenvalue weighted by Gasteiger charge is -2.26. The maximum atomic E-state index is 13.4. The smallest absolute Gasteiger partial charge is 0.295 e. The molecule has 1 fully saturated rings. The van der Waals surface area contributed by atoms with E-state index in [0.29, 0.717) is 41.6 Å². The highest BCUT2D eigenvalue weighted by molar-refractivity contribution is 6.46. The van der Waals surface area contributed by atoms with Gasteiger partial charge in [-0.2, -0.15) is 0 Å². The number of pyridine rings is 1. The number of ether oxygens (including phenoxy) is 3. The molecular weight excluding hydrogens is 484 g/mol. The van der Waals surface area contributed by atoms with Gasteiger partial charge in [-0.15, -0.1) is 0 Å². The Morgan fingerprint density at radius 1 is 1.03 bits per heavy atom. The van der Waals surface area contributed by atoms with Crippen LogP contribution in [0.25, 0.3) is 5.76 Å². The van der Waals surface area contributed by atoms with E-state index in [1.54, 1.807) is 60.9 Å². The van der Waals surface area contributed by atoms with E-state index in [1.165, 1.54) is 12.0 Å². The molecule has 8 nitrogen and oxygen atoms in total. The quantitative estimate of drug-likeness (QED) is 0.160. The Morgan fingerprint density at radius 3 is 2.58 bits per heavy atom. The Morgan fingerprint density at radius 2 is 1.87 bits per heavy atom. The van der Waals surface area contributed by atoms with Gasteiger partial charge >= 0.3 is 0 Å². The molecule has 4 rings (SSSR count). The van der Waals surface area contributed by atoms with E-state index in [1.807, 2.05) is 13.0 Å². The lowest BCUT2D eigenvalue weighted by molar-refractivity contribution is -0.140. The molecule has 0 spiro atoms. The highest BCUT2D eigenvalue weighted by atomic mass is 16.5. The largest absolute Gasteiger partial charge is 0.507 e. The van der Waals surface area contributed by atoms with Gasteiger partial charge < -0.3 is 24.2 Å². The van der Waals surface area contributed by atoms with Crippen molar-refractivity contribution in [2.75, 3.05) is 20.3 Å². The fourth-order valence-corrected chi connectivity index (χ4v) is 4.43. The number of aromatic nitrogens is 1. The summed E-state index contributed by atoms with van der Waals surface area (Å²) in [6.07, 6.45) is 5.18. The predicted octanol–water partition coefficient (Wildman–Crippen LogP) is 5.29. The molecule has 1 aliphatic rings. The van der Waals surface area contributed by atoms with E-state index < -0.39 is 17.7 Å². The van der Waals surface area contributed by atoms with Crippen molar-refractivity contribution in [1.82, 2.24) is 9.88 Å². The molecule has 2 heterocycles. The summed E-state index contributed by atoms with van der Waals surface area (Å²) >= 11 is 0. The van der Waals surface area contributed by atoms with Gasteiger partial charge in [0.25, 0.3) is 11.7 Å². The van der Waals surface area contributed by atoms with E-state index >= 15 is 0 Å². The van der Waals surface area contributed by atoms with Crippen LogP contribution in [0.4, 0.5) is 0 Å². The molecule has 1 amide bonds. The molecule has 198 valence electrons. The molecule has 3 aromatic rings. The molecule has 1 unspecified atom stereocenters. The van der Waals surface area contributed by atoms with Crippen molar-refractivity contribution in [2.24, 2.45) is 0 Å². The fourth-order valence-electron chi connectivity index (χ4n) is 4.43. The first-order valence-electron chi connectivity index (χ1n) is 12.7. The first-order valence-corrected chi connectivity index (χ1v) is 12.7. The molecule has 0 bridgehead atoms. The number of methoxy groups -OCH3 is 1. The molecular formula is C30H32N2O6. The maximum absolute atomic E-state index is 13.4. The summed E-state index contributed by atoms with van der Waals surface area (Å²) in [5.41, 5.74) is 1.74. The second-order valence-electron chi connectivity index (χ2n) is 8.86. The Bertz CT molecular complexity index is 1320. The Balaban J connectivity index is 1.82. The number of nitrogens with zero attached hydrogens (tertiary/aromatic N) is 2. The van der Waals surface area contributed by atoms with Crippen LogP contribution in [-0.4, -0.2) is 47.0 Å². The molecule has 2 aromatic carbocycles. The normalized spacial score (nSPS) is 16.5. The third-order valence-electron chi connectivity index (χ3n) is 6.29. The monoisotopic (exact) mass is 516 g/mol. The van der Waals surface area contributed by atoms with Crippen molar-refractivity contribution < 1.29 is 28.9 Å².